The first kappa shape index (κ1) is 24.5. The van der Waals surface area contributed by atoms with E-state index in [-0.39, 0.29) is 18.3 Å². The molecule has 0 bridgehead atoms. The van der Waals surface area contributed by atoms with E-state index in [4.69, 9.17) is 19.3 Å². The molecule has 1 amide bonds. The van der Waals surface area contributed by atoms with Crippen molar-refractivity contribution in [3.8, 4) is 11.5 Å². The molecule has 8 nitrogen and oxygen atoms in total. The summed E-state index contributed by atoms with van der Waals surface area (Å²) < 4.78 is 15.9. The third-order valence-corrected chi connectivity index (χ3v) is 4.33. The molecule has 0 aliphatic heterocycles. The standard InChI is InChI=1S/C24H27NO7/c1-16(2)13-20(25-24(29)31-15-17-7-5-4-6-8-17)23(28)32-19-11-9-18(10-12-22(26)27)21(14-19)30-3/h4-12,14,16,20H,13,15H2,1-3H3,(H,25,29)(H,26,27)/b12-10+/t20-/m0/s1. The van der Waals surface area contributed by atoms with Gasteiger partial charge in [0.2, 0.25) is 0 Å². The van der Waals surface area contributed by atoms with E-state index < -0.39 is 24.1 Å². The van der Waals surface area contributed by atoms with Gasteiger partial charge in [0, 0.05) is 17.7 Å². The fourth-order valence-corrected chi connectivity index (χ4v) is 2.83. The molecular weight excluding hydrogens is 414 g/mol. The van der Waals surface area contributed by atoms with Crippen LogP contribution in [0.1, 0.15) is 31.4 Å². The number of carbonyl (C=O) groups is 3. The summed E-state index contributed by atoms with van der Waals surface area (Å²) in [4.78, 5) is 35.7. The molecule has 0 aliphatic carbocycles. The Kier molecular flexibility index (Phi) is 9.28. The van der Waals surface area contributed by atoms with Gasteiger partial charge in [-0.05, 0) is 36.1 Å². The van der Waals surface area contributed by atoms with Crippen molar-refractivity contribution in [3.63, 3.8) is 0 Å². The molecule has 0 aliphatic rings. The summed E-state index contributed by atoms with van der Waals surface area (Å²) in [6.07, 6.45) is 1.99. The van der Waals surface area contributed by atoms with Gasteiger partial charge in [0.15, 0.2) is 0 Å². The molecule has 170 valence electrons. The number of hydrogen-bond acceptors (Lipinski definition) is 6. The van der Waals surface area contributed by atoms with Crippen molar-refractivity contribution in [2.24, 2.45) is 5.92 Å². The molecule has 0 saturated carbocycles. The van der Waals surface area contributed by atoms with Crippen molar-refractivity contribution < 1.29 is 33.7 Å². The summed E-state index contributed by atoms with van der Waals surface area (Å²) in [6, 6.07) is 12.9. The van der Waals surface area contributed by atoms with Crippen molar-refractivity contribution in [2.75, 3.05) is 7.11 Å². The van der Waals surface area contributed by atoms with E-state index in [0.717, 1.165) is 11.6 Å². The molecular formula is C24H27NO7. The fourth-order valence-electron chi connectivity index (χ4n) is 2.83. The van der Waals surface area contributed by atoms with Crippen molar-refractivity contribution in [3.05, 3.63) is 65.7 Å². The third kappa shape index (κ3) is 8.14. The van der Waals surface area contributed by atoms with Crippen LogP contribution in [0.3, 0.4) is 0 Å². The first-order valence-corrected chi connectivity index (χ1v) is 10.1. The van der Waals surface area contributed by atoms with Crippen LogP contribution in [0.5, 0.6) is 11.5 Å². The zero-order chi connectivity index (χ0) is 23.5. The van der Waals surface area contributed by atoms with Crippen molar-refractivity contribution in [1.82, 2.24) is 5.32 Å². The Hall–Kier alpha value is -3.81. The minimum Gasteiger partial charge on any atom is -0.496 e. The minimum atomic E-state index is -1.09. The number of benzene rings is 2. The maximum absolute atomic E-state index is 12.7. The summed E-state index contributed by atoms with van der Waals surface area (Å²) in [5, 5.41) is 11.3. The van der Waals surface area contributed by atoms with Gasteiger partial charge < -0.3 is 24.6 Å². The summed E-state index contributed by atoms with van der Waals surface area (Å²) >= 11 is 0. The van der Waals surface area contributed by atoms with Crippen molar-refractivity contribution in [1.29, 1.82) is 0 Å². The molecule has 2 aromatic rings. The average molecular weight is 441 g/mol. The molecule has 2 N–H and O–H groups in total. The number of ether oxygens (including phenoxy) is 3. The van der Waals surface area contributed by atoms with Crippen LogP contribution in [0.4, 0.5) is 4.79 Å². The van der Waals surface area contributed by atoms with Crippen LogP contribution in [0.15, 0.2) is 54.6 Å². The monoisotopic (exact) mass is 441 g/mol. The Morgan fingerprint density at radius 3 is 2.44 bits per heavy atom. The van der Waals surface area contributed by atoms with E-state index in [1.165, 1.54) is 25.3 Å². The number of carbonyl (C=O) groups excluding carboxylic acids is 2. The summed E-state index contributed by atoms with van der Waals surface area (Å²) in [5.74, 6) is -1.09. The van der Waals surface area contributed by atoms with Crippen LogP contribution >= 0.6 is 0 Å². The number of carboxylic acids is 1. The predicted molar refractivity (Wildman–Crippen MR) is 118 cm³/mol. The molecule has 32 heavy (non-hydrogen) atoms. The summed E-state index contributed by atoms with van der Waals surface area (Å²) in [7, 11) is 1.42. The minimum absolute atomic E-state index is 0.0820. The number of hydrogen-bond donors (Lipinski definition) is 2. The first-order chi connectivity index (χ1) is 15.3. The Morgan fingerprint density at radius 2 is 1.81 bits per heavy atom. The number of nitrogens with one attached hydrogen (secondary N) is 1. The Morgan fingerprint density at radius 1 is 1.09 bits per heavy atom. The van der Waals surface area contributed by atoms with Crippen molar-refractivity contribution >= 4 is 24.1 Å². The Balaban J connectivity index is 2.05. The van der Waals surface area contributed by atoms with Crippen LogP contribution in [0.2, 0.25) is 0 Å². The van der Waals surface area contributed by atoms with Crippen LogP contribution in [-0.4, -0.2) is 36.3 Å². The smallest absolute Gasteiger partial charge is 0.408 e. The number of carboxylic acid groups (broad SMARTS) is 1. The molecule has 0 radical (unpaired) electrons. The molecule has 8 heteroatoms. The van der Waals surface area contributed by atoms with Gasteiger partial charge in [-0.25, -0.2) is 14.4 Å². The predicted octanol–water partition coefficient (Wildman–Crippen LogP) is 4.04. The second kappa shape index (κ2) is 12.1. The number of alkyl carbamates (subject to hydrolysis) is 1. The SMILES string of the molecule is COc1cc(OC(=O)[C@H](CC(C)C)NC(=O)OCc2ccccc2)ccc1/C=C/C(=O)O. The second-order valence-electron chi connectivity index (χ2n) is 7.38. The fraction of sp³-hybridized carbons (Fsp3) is 0.292. The number of rotatable bonds is 10. The molecule has 0 spiro atoms. The van der Waals surface area contributed by atoms with E-state index >= 15 is 0 Å². The zero-order valence-electron chi connectivity index (χ0n) is 18.2. The quantitative estimate of drug-likeness (QED) is 0.325. The van der Waals surface area contributed by atoms with Gasteiger partial charge in [-0.2, -0.15) is 0 Å². The number of aliphatic carboxylic acids is 1. The third-order valence-electron chi connectivity index (χ3n) is 4.33. The van der Waals surface area contributed by atoms with Gasteiger partial charge in [0.25, 0.3) is 0 Å². The Bertz CT molecular complexity index is 954. The van der Waals surface area contributed by atoms with E-state index in [2.05, 4.69) is 5.32 Å². The van der Waals surface area contributed by atoms with E-state index in [1.54, 1.807) is 6.07 Å². The first-order valence-electron chi connectivity index (χ1n) is 10.1. The number of esters is 1. The van der Waals surface area contributed by atoms with E-state index in [1.807, 2.05) is 44.2 Å². The van der Waals surface area contributed by atoms with Crippen LogP contribution in [0, 0.1) is 5.92 Å². The highest BCUT2D eigenvalue weighted by Gasteiger charge is 2.25. The molecule has 0 fully saturated rings. The van der Waals surface area contributed by atoms with Crippen LogP contribution in [-0.2, 0) is 20.9 Å². The topological polar surface area (TPSA) is 111 Å². The van der Waals surface area contributed by atoms with Gasteiger partial charge in [-0.3, -0.25) is 0 Å². The average Bonchev–Trinajstić information content (AvgIpc) is 2.76. The maximum atomic E-state index is 12.7. The van der Waals surface area contributed by atoms with Gasteiger partial charge in [0.1, 0.15) is 24.1 Å². The van der Waals surface area contributed by atoms with Crippen molar-refractivity contribution in [2.45, 2.75) is 32.9 Å². The highest BCUT2D eigenvalue weighted by Crippen LogP contribution is 2.26. The highest BCUT2D eigenvalue weighted by atomic mass is 16.6. The van der Waals surface area contributed by atoms with Gasteiger partial charge in [0.05, 0.1) is 7.11 Å². The molecule has 0 unspecified atom stereocenters. The molecule has 0 aromatic heterocycles. The largest absolute Gasteiger partial charge is 0.496 e. The Labute approximate surface area is 186 Å². The molecule has 1 atom stereocenters. The normalized spacial score (nSPS) is 11.8. The molecule has 2 aromatic carbocycles. The molecule has 0 heterocycles. The lowest BCUT2D eigenvalue weighted by molar-refractivity contribution is -0.137. The number of amides is 1. The van der Waals surface area contributed by atoms with E-state index in [0.29, 0.717) is 17.7 Å². The lowest BCUT2D eigenvalue weighted by atomic mass is 10.0. The molecule has 0 saturated heterocycles. The van der Waals surface area contributed by atoms with Gasteiger partial charge in [-0.15, -0.1) is 0 Å². The highest BCUT2D eigenvalue weighted by molar-refractivity contribution is 5.86. The van der Waals surface area contributed by atoms with Gasteiger partial charge in [-0.1, -0.05) is 44.2 Å². The summed E-state index contributed by atoms with van der Waals surface area (Å²) in [6.45, 7) is 3.92. The molecule has 2 rings (SSSR count). The van der Waals surface area contributed by atoms with Crippen LogP contribution in [0.25, 0.3) is 6.08 Å². The lowest BCUT2D eigenvalue weighted by Crippen LogP contribution is -2.44. The van der Waals surface area contributed by atoms with Gasteiger partial charge >= 0.3 is 18.0 Å². The number of methoxy groups -OCH3 is 1. The zero-order valence-corrected chi connectivity index (χ0v) is 18.2. The summed E-state index contributed by atoms with van der Waals surface area (Å²) in [5.41, 5.74) is 1.34. The lowest BCUT2D eigenvalue weighted by Gasteiger charge is -2.19. The maximum Gasteiger partial charge on any atom is 0.408 e. The van der Waals surface area contributed by atoms with E-state index in [9.17, 15) is 14.4 Å². The second-order valence-corrected chi connectivity index (χ2v) is 7.38. The van der Waals surface area contributed by atoms with Crippen LogP contribution < -0.4 is 14.8 Å².